The smallest absolute Gasteiger partial charge is 0.364 e. The monoisotopic (exact) mass is 452 g/mol. The number of likely N-dealkylation sites (tertiary alicyclic amines) is 1. The van der Waals surface area contributed by atoms with E-state index >= 15 is 0 Å². The van der Waals surface area contributed by atoms with Crippen LogP contribution >= 0.6 is 11.8 Å². The highest BCUT2D eigenvalue weighted by Gasteiger charge is 2.56. The summed E-state index contributed by atoms with van der Waals surface area (Å²) in [4.78, 5) is 13.5. The van der Waals surface area contributed by atoms with Crippen LogP contribution in [0.3, 0.4) is 0 Å². The van der Waals surface area contributed by atoms with Crippen LogP contribution in [0.5, 0.6) is 0 Å². The number of urea groups is 1. The van der Waals surface area contributed by atoms with Crippen LogP contribution < -0.4 is 16.0 Å². The molecule has 4 rings (SSSR count). The molecule has 2 unspecified atom stereocenters. The number of alkyl halides is 3. The predicted molar refractivity (Wildman–Crippen MR) is 113 cm³/mol. The van der Waals surface area contributed by atoms with E-state index in [4.69, 9.17) is 0 Å². The van der Waals surface area contributed by atoms with Crippen molar-refractivity contribution < 1.29 is 18.0 Å². The number of anilines is 1. The lowest BCUT2D eigenvalue weighted by Crippen LogP contribution is -2.39. The first kappa shape index (κ1) is 21.6. The van der Waals surface area contributed by atoms with Crippen LogP contribution in [0.1, 0.15) is 18.5 Å². The fourth-order valence-corrected chi connectivity index (χ4v) is 4.72. The molecule has 7 nitrogen and oxygen atoms in total. The van der Waals surface area contributed by atoms with Crippen molar-refractivity contribution in [3.63, 3.8) is 0 Å². The van der Waals surface area contributed by atoms with Gasteiger partial charge in [0.05, 0.1) is 17.0 Å². The molecule has 11 heteroatoms. The maximum Gasteiger partial charge on any atom is 0.446 e. The first-order valence-corrected chi connectivity index (χ1v) is 10.7. The lowest BCUT2D eigenvalue weighted by Gasteiger charge is -2.30. The fraction of sp³-hybridized carbons (Fsp3) is 0.500. The molecule has 2 aromatic rings. The summed E-state index contributed by atoms with van der Waals surface area (Å²) < 4.78 is 41.2. The van der Waals surface area contributed by atoms with E-state index in [2.05, 4.69) is 44.8 Å². The molecule has 0 aromatic carbocycles. The third-order valence-electron chi connectivity index (χ3n) is 5.68. The molecule has 31 heavy (non-hydrogen) atoms. The van der Waals surface area contributed by atoms with Gasteiger partial charge in [-0.05, 0) is 55.6 Å². The van der Waals surface area contributed by atoms with Gasteiger partial charge in [-0.15, -0.1) is 0 Å². The van der Waals surface area contributed by atoms with Gasteiger partial charge >= 0.3 is 11.5 Å². The Hall–Kier alpha value is -2.58. The Morgan fingerprint density at radius 1 is 1.42 bits per heavy atom. The molecule has 166 valence electrons. The van der Waals surface area contributed by atoms with Gasteiger partial charge in [0.15, 0.2) is 0 Å². The van der Waals surface area contributed by atoms with Crippen molar-refractivity contribution in [1.82, 2.24) is 25.1 Å². The summed E-state index contributed by atoms with van der Waals surface area (Å²) in [6.45, 7) is 1.97. The third-order valence-corrected chi connectivity index (χ3v) is 6.52. The van der Waals surface area contributed by atoms with Gasteiger partial charge in [0.25, 0.3) is 0 Å². The molecular weight excluding hydrogens is 429 g/mol. The zero-order chi connectivity index (χ0) is 22.2. The molecule has 0 radical (unpaired) electrons. The molecule has 2 aliphatic rings. The zero-order valence-electron chi connectivity index (χ0n) is 17.1. The SMILES string of the molecule is CNC(=O)NCC#Cc1nn2c(NC34CCN(C)CC3C4)cccc2c1SC(F)(F)F. The predicted octanol–water partition coefficient (Wildman–Crippen LogP) is 2.73. The molecule has 3 heterocycles. The second-order valence-corrected chi connectivity index (χ2v) is 8.94. The molecule has 2 amide bonds. The number of thioether (sulfide) groups is 1. The van der Waals surface area contributed by atoms with Gasteiger partial charge in [-0.1, -0.05) is 12.0 Å². The van der Waals surface area contributed by atoms with Gasteiger partial charge in [-0.2, -0.15) is 18.3 Å². The molecule has 2 aromatic heterocycles. The lowest BCUT2D eigenvalue weighted by molar-refractivity contribution is -0.0327. The second kappa shape index (κ2) is 8.16. The Bertz CT molecular complexity index is 1060. The van der Waals surface area contributed by atoms with E-state index in [1.54, 1.807) is 12.1 Å². The molecule has 1 saturated carbocycles. The summed E-state index contributed by atoms with van der Waals surface area (Å²) >= 11 is -0.223. The number of carbonyl (C=O) groups excluding carboxylic acids is 1. The summed E-state index contributed by atoms with van der Waals surface area (Å²) in [7, 11) is 3.56. The first-order valence-electron chi connectivity index (χ1n) is 9.89. The quantitative estimate of drug-likeness (QED) is 0.492. The standard InChI is InChI=1S/C20H23F3N6OS/c1-24-18(30)25-9-4-5-14-17(31-20(21,22)23)15-6-3-7-16(29(15)27-14)26-19-8-10-28(2)12-13(19)11-19/h3,6-7,13,26H,8-12H2,1-2H3,(H2,24,25,30). The molecule has 0 spiro atoms. The van der Waals surface area contributed by atoms with Crippen LogP contribution in [-0.2, 0) is 0 Å². The average molecular weight is 453 g/mol. The fourth-order valence-electron chi connectivity index (χ4n) is 4.04. The topological polar surface area (TPSA) is 73.7 Å². The summed E-state index contributed by atoms with van der Waals surface area (Å²) in [5.74, 6) is 6.53. The number of fused-ring (bicyclic) bond motifs is 2. The number of halogens is 3. The van der Waals surface area contributed by atoms with E-state index in [0.29, 0.717) is 17.3 Å². The minimum absolute atomic E-state index is 0.00686. The van der Waals surface area contributed by atoms with Gasteiger partial charge in [0.2, 0.25) is 0 Å². The Labute approximate surface area is 182 Å². The van der Waals surface area contributed by atoms with Crippen LogP contribution in [0.4, 0.5) is 23.8 Å². The van der Waals surface area contributed by atoms with Crippen LogP contribution in [0.15, 0.2) is 23.1 Å². The number of hydrogen-bond acceptors (Lipinski definition) is 5. The van der Waals surface area contributed by atoms with Crippen molar-refractivity contribution in [3.8, 4) is 11.8 Å². The summed E-state index contributed by atoms with van der Waals surface area (Å²) in [6.07, 6.45) is 2.02. The Morgan fingerprint density at radius 2 is 2.23 bits per heavy atom. The number of nitrogens with zero attached hydrogens (tertiary/aromatic N) is 3. The van der Waals surface area contributed by atoms with Crippen LogP contribution in [-0.4, -0.2) is 65.3 Å². The average Bonchev–Trinajstić information content (AvgIpc) is 3.30. The third kappa shape index (κ3) is 4.70. The minimum Gasteiger partial charge on any atom is -0.364 e. The summed E-state index contributed by atoms with van der Waals surface area (Å²) in [5, 5.41) is 12.8. The molecule has 2 fully saturated rings. The van der Waals surface area contributed by atoms with E-state index in [1.165, 1.54) is 11.6 Å². The molecule has 1 saturated heterocycles. The molecule has 1 aliphatic heterocycles. The van der Waals surface area contributed by atoms with Crippen molar-refractivity contribution in [1.29, 1.82) is 0 Å². The van der Waals surface area contributed by atoms with Crippen molar-refractivity contribution in [2.24, 2.45) is 5.92 Å². The minimum atomic E-state index is -4.47. The first-order chi connectivity index (χ1) is 14.7. The highest BCUT2D eigenvalue weighted by Crippen LogP contribution is 2.51. The molecule has 3 N–H and O–H groups in total. The van der Waals surface area contributed by atoms with E-state index in [1.807, 2.05) is 6.07 Å². The highest BCUT2D eigenvalue weighted by atomic mass is 32.2. The maximum atomic E-state index is 13.2. The number of aromatic nitrogens is 2. The van der Waals surface area contributed by atoms with E-state index in [9.17, 15) is 18.0 Å². The maximum absolute atomic E-state index is 13.2. The zero-order valence-corrected chi connectivity index (χ0v) is 18.0. The van der Waals surface area contributed by atoms with Gasteiger partial charge in [0.1, 0.15) is 11.5 Å². The van der Waals surface area contributed by atoms with Gasteiger partial charge in [0, 0.05) is 25.7 Å². The molecular formula is C20H23F3N6OS. The number of hydrogen-bond donors (Lipinski definition) is 3. The van der Waals surface area contributed by atoms with Crippen LogP contribution in [0.25, 0.3) is 5.52 Å². The largest absolute Gasteiger partial charge is 0.446 e. The Morgan fingerprint density at radius 3 is 2.94 bits per heavy atom. The molecule has 2 atom stereocenters. The van der Waals surface area contributed by atoms with E-state index < -0.39 is 11.5 Å². The van der Waals surface area contributed by atoms with Gasteiger partial charge < -0.3 is 20.9 Å². The van der Waals surface area contributed by atoms with Crippen molar-refractivity contribution in [3.05, 3.63) is 23.9 Å². The number of rotatable bonds is 4. The number of pyridine rings is 1. The lowest BCUT2D eigenvalue weighted by atomic mass is 10.1. The molecule has 1 aliphatic carbocycles. The van der Waals surface area contributed by atoms with Crippen molar-refractivity contribution in [2.75, 3.05) is 39.0 Å². The normalized spacial score (nSPS) is 22.9. The van der Waals surface area contributed by atoms with E-state index in [-0.39, 0.29) is 34.4 Å². The highest BCUT2D eigenvalue weighted by molar-refractivity contribution is 8.00. The van der Waals surface area contributed by atoms with Gasteiger partial charge in [-0.25, -0.2) is 9.31 Å². The Balaban J connectivity index is 1.65. The summed E-state index contributed by atoms with van der Waals surface area (Å²) in [5.41, 5.74) is -4.12. The number of carbonyl (C=O) groups is 1. The van der Waals surface area contributed by atoms with Crippen LogP contribution in [0.2, 0.25) is 0 Å². The van der Waals surface area contributed by atoms with Gasteiger partial charge in [-0.3, -0.25) is 0 Å². The molecule has 0 bridgehead atoms. The second-order valence-electron chi connectivity index (χ2n) is 7.86. The van der Waals surface area contributed by atoms with Crippen molar-refractivity contribution >= 4 is 29.1 Å². The summed E-state index contributed by atoms with van der Waals surface area (Å²) in [6, 6.07) is 4.75. The number of nitrogens with one attached hydrogen (secondary N) is 3. The number of piperidine rings is 1. The number of amides is 2. The Kier molecular flexibility index (Phi) is 5.70. The van der Waals surface area contributed by atoms with Crippen LogP contribution in [0, 0.1) is 17.8 Å². The van der Waals surface area contributed by atoms with E-state index in [0.717, 1.165) is 25.9 Å². The van der Waals surface area contributed by atoms with Crippen molar-refractivity contribution in [2.45, 2.75) is 28.8 Å².